The number of thiazole rings is 1. The minimum atomic E-state index is 0.333. The number of hydrogen-bond donors (Lipinski definition) is 1. The fraction of sp³-hybridized carbons (Fsp3) is 0.438. The first-order chi connectivity index (χ1) is 11.3. The Labute approximate surface area is 139 Å². The summed E-state index contributed by atoms with van der Waals surface area (Å²) in [4.78, 5) is 17.2. The fourth-order valence-electron chi connectivity index (χ4n) is 3.34. The fourth-order valence-corrected chi connectivity index (χ4v) is 4.11. The van der Waals surface area contributed by atoms with Gasteiger partial charge in [0.2, 0.25) is 0 Å². The number of anilines is 1. The Hall–Kier alpha value is -1.99. The Bertz CT molecular complexity index is 823. The average Bonchev–Trinajstić information content (AvgIpc) is 3.26. The van der Waals surface area contributed by atoms with Crippen molar-refractivity contribution in [1.29, 1.82) is 0 Å². The van der Waals surface area contributed by atoms with Crippen LogP contribution in [0, 0.1) is 6.92 Å². The number of hydrogen-bond acceptors (Lipinski definition) is 6. The van der Waals surface area contributed by atoms with E-state index >= 15 is 0 Å². The molecule has 0 amide bonds. The summed E-state index contributed by atoms with van der Waals surface area (Å²) >= 11 is 1.69. The predicted molar refractivity (Wildman–Crippen MR) is 91.8 cm³/mol. The van der Waals surface area contributed by atoms with E-state index in [1.165, 1.54) is 12.1 Å². The van der Waals surface area contributed by atoms with Crippen molar-refractivity contribution in [2.45, 2.75) is 32.4 Å². The van der Waals surface area contributed by atoms with Crippen LogP contribution in [0.4, 0.5) is 5.82 Å². The largest absolute Gasteiger partial charge is 0.372 e. The zero-order valence-electron chi connectivity index (χ0n) is 13.4. The summed E-state index contributed by atoms with van der Waals surface area (Å²) in [6.45, 7) is 4.09. The summed E-state index contributed by atoms with van der Waals surface area (Å²) in [5.74, 6) is 0.829. The van der Waals surface area contributed by atoms with Gasteiger partial charge in [-0.3, -0.25) is 14.3 Å². The number of aromatic nitrogens is 4. The molecule has 1 aliphatic rings. The molecule has 1 unspecified atom stereocenters. The molecule has 4 rings (SSSR count). The third kappa shape index (κ3) is 2.60. The zero-order valence-corrected chi connectivity index (χ0v) is 14.2. The minimum absolute atomic E-state index is 0.333. The zero-order chi connectivity index (χ0) is 15.8. The van der Waals surface area contributed by atoms with Gasteiger partial charge >= 0.3 is 0 Å². The highest BCUT2D eigenvalue weighted by molar-refractivity contribution is 7.15. The van der Waals surface area contributed by atoms with Crippen molar-refractivity contribution < 1.29 is 0 Å². The van der Waals surface area contributed by atoms with Crippen LogP contribution in [0.3, 0.4) is 0 Å². The van der Waals surface area contributed by atoms with Crippen LogP contribution in [0.1, 0.15) is 36.0 Å². The van der Waals surface area contributed by atoms with Crippen LogP contribution in [0.15, 0.2) is 24.0 Å². The maximum atomic E-state index is 4.69. The van der Waals surface area contributed by atoms with E-state index in [4.69, 9.17) is 4.98 Å². The van der Waals surface area contributed by atoms with E-state index in [0.29, 0.717) is 6.04 Å². The van der Waals surface area contributed by atoms with Crippen LogP contribution in [0.2, 0.25) is 0 Å². The summed E-state index contributed by atoms with van der Waals surface area (Å²) in [5.41, 5.74) is 3.46. The molecule has 3 aromatic heterocycles. The van der Waals surface area contributed by atoms with Crippen molar-refractivity contribution in [2.24, 2.45) is 0 Å². The molecular formula is C16H20N6S. The molecule has 1 aliphatic heterocycles. The number of imidazole rings is 1. The van der Waals surface area contributed by atoms with E-state index in [2.05, 4.69) is 43.1 Å². The lowest BCUT2D eigenvalue weighted by Gasteiger charge is -2.24. The molecule has 3 aromatic rings. The number of nitrogens with zero attached hydrogens (tertiary/aromatic N) is 5. The first kappa shape index (κ1) is 14.6. The number of likely N-dealkylation sites (tertiary alicyclic amines) is 1. The van der Waals surface area contributed by atoms with Crippen LogP contribution >= 0.6 is 11.3 Å². The monoisotopic (exact) mass is 328 g/mol. The lowest BCUT2D eigenvalue weighted by atomic mass is 10.1. The molecule has 0 spiro atoms. The maximum Gasteiger partial charge on any atom is 0.194 e. The van der Waals surface area contributed by atoms with Gasteiger partial charge in [-0.2, -0.15) is 0 Å². The normalized spacial score (nSPS) is 18.8. The van der Waals surface area contributed by atoms with Gasteiger partial charge in [-0.15, -0.1) is 11.3 Å². The third-order valence-electron chi connectivity index (χ3n) is 4.53. The first-order valence-electron chi connectivity index (χ1n) is 7.91. The Morgan fingerprint density at radius 2 is 2.26 bits per heavy atom. The van der Waals surface area contributed by atoms with Crippen LogP contribution in [0.5, 0.6) is 0 Å². The number of aryl methyl sites for hydroxylation is 1. The summed E-state index contributed by atoms with van der Waals surface area (Å²) in [5, 5.41) is 5.17. The second kappa shape index (κ2) is 5.90. The van der Waals surface area contributed by atoms with Crippen molar-refractivity contribution >= 4 is 22.1 Å². The van der Waals surface area contributed by atoms with Crippen molar-refractivity contribution in [3.63, 3.8) is 0 Å². The maximum absolute atomic E-state index is 4.69. The molecule has 1 N–H and O–H groups in total. The van der Waals surface area contributed by atoms with Gasteiger partial charge in [0.15, 0.2) is 4.96 Å². The molecule has 1 atom stereocenters. The molecule has 4 heterocycles. The smallest absolute Gasteiger partial charge is 0.194 e. The second-order valence-electron chi connectivity index (χ2n) is 5.91. The van der Waals surface area contributed by atoms with Gasteiger partial charge in [0, 0.05) is 25.2 Å². The predicted octanol–water partition coefficient (Wildman–Crippen LogP) is 2.87. The first-order valence-corrected chi connectivity index (χ1v) is 8.79. The lowest BCUT2D eigenvalue weighted by Crippen LogP contribution is -2.24. The molecule has 0 saturated carbocycles. The Kier molecular flexibility index (Phi) is 3.74. The summed E-state index contributed by atoms with van der Waals surface area (Å²) in [6.07, 6.45) is 8.10. The SMILES string of the molecule is CNc1cncc(C2CCCN2Cc2c(C)nc3sccn23)n1. The summed E-state index contributed by atoms with van der Waals surface area (Å²) in [7, 11) is 1.88. The van der Waals surface area contributed by atoms with Crippen molar-refractivity contribution in [3.05, 3.63) is 41.1 Å². The molecule has 0 aromatic carbocycles. The second-order valence-corrected chi connectivity index (χ2v) is 6.78. The highest BCUT2D eigenvalue weighted by Gasteiger charge is 2.29. The van der Waals surface area contributed by atoms with Gasteiger partial charge in [-0.05, 0) is 26.3 Å². The van der Waals surface area contributed by atoms with Gasteiger partial charge < -0.3 is 5.32 Å². The van der Waals surface area contributed by atoms with Gasteiger partial charge in [-0.25, -0.2) is 9.97 Å². The van der Waals surface area contributed by atoms with E-state index in [0.717, 1.165) is 41.7 Å². The van der Waals surface area contributed by atoms with E-state index in [1.54, 1.807) is 17.5 Å². The molecule has 120 valence electrons. The molecule has 23 heavy (non-hydrogen) atoms. The third-order valence-corrected chi connectivity index (χ3v) is 5.29. The molecule has 0 bridgehead atoms. The van der Waals surface area contributed by atoms with Crippen molar-refractivity contribution in [1.82, 2.24) is 24.3 Å². The molecule has 7 heteroatoms. The topological polar surface area (TPSA) is 58.4 Å². The number of nitrogens with one attached hydrogen (secondary N) is 1. The van der Waals surface area contributed by atoms with E-state index in [-0.39, 0.29) is 0 Å². The van der Waals surface area contributed by atoms with Crippen LogP contribution in [-0.4, -0.2) is 37.8 Å². The Morgan fingerprint density at radius 1 is 1.35 bits per heavy atom. The highest BCUT2D eigenvalue weighted by atomic mass is 32.1. The van der Waals surface area contributed by atoms with Crippen molar-refractivity contribution in [3.8, 4) is 0 Å². The van der Waals surface area contributed by atoms with Crippen LogP contribution < -0.4 is 5.32 Å². The van der Waals surface area contributed by atoms with Gasteiger partial charge in [0.05, 0.1) is 35.5 Å². The quantitative estimate of drug-likeness (QED) is 0.798. The van der Waals surface area contributed by atoms with Crippen LogP contribution in [0.25, 0.3) is 4.96 Å². The Morgan fingerprint density at radius 3 is 3.13 bits per heavy atom. The highest BCUT2D eigenvalue weighted by Crippen LogP contribution is 2.33. The number of rotatable bonds is 4. The molecule has 0 aliphatic carbocycles. The molecule has 1 saturated heterocycles. The standard InChI is InChI=1S/C16H20N6S/c1-11-14(22-6-7-23-16(22)19-11)10-21-5-3-4-13(21)12-8-18-9-15(17-2)20-12/h6-9,13H,3-5,10H2,1-2H3,(H,17,20). The van der Waals surface area contributed by atoms with Gasteiger partial charge in [-0.1, -0.05) is 0 Å². The Balaban J connectivity index is 1.62. The minimum Gasteiger partial charge on any atom is -0.372 e. The van der Waals surface area contributed by atoms with Crippen molar-refractivity contribution in [2.75, 3.05) is 18.9 Å². The molecule has 1 fully saturated rings. The van der Waals surface area contributed by atoms with E-state index in [1.807, 2.05) is 13.2 Å². The van der Waals surface area contributed by atoms with Crippen LogP contribution in [-0.2, 0) is 6.54 Å². The summed E-state index contributed by atoms with van der Waals surface area (Å²) in [6, 6.07) is 0.333. The molecule has 6 nitrogen and oxygen atoms in total. The number of fused-ring (bicyclic) bond motifs is 1. The van der Waals surface area contributed by atoms with E-state index in [9.17, 15) is 0 Å². The molecule has 0 radical (unpaired) electrons. The summed E-state index contributed by atoms with van der Waals surface area (Å²) < 4.78 is 2.21. The molecular weight excluding hydrogens is 308 g/mol. The van der Waals surface area contributed by atoms with Gasteiger partial charge in [0.25, 0.3) is 0 Å². The average molecular weight is 328 g/mol. The van der Waals surface area contributed by atoms with Gasteiger partial charge in [0.1, 0.15) is 5.82 Å². The lowest BCUT2D eigenvalue weighted by molar-refractivity contribution is 0.240. The van der Waals surface area contributed by atoms with E-state index < -0.39 is 0 Å².